The fourth-order valence-electron chi connectivity index (χ4n) is 2.69. The predicted molar refractivity (Wildman–Crippen MR) is 81.8 cm³/mol. The number of hydrogen-bond donors (Lipinski definition) is 1. The lowest BCUT2D eigenvalue weighted by molar-refractivity contribution is 0.257. The van der Waals surface area contributed by atoms with E-state index >= 15 is 0 Å². The Morgan fingerprint density at radius 1 is 1.52 bits per heavy atom. The molecule has 1 fully saturated rings. The Balaban J connectivity index is 1.66. The molecule has 1 aliphatic rings. The summed E-state index contributed by atoms with van der Waals surface area (Å²) in [6.07, 6.45) is 1.13. The SMILES string of the molecule is CC(N)C1CCN(Cc2nc(-c3cccc(Cl)c3)no2)C1. The quantitative estimate of drug-likeness (QED) is 0.940. The van der Waals surface area contributed by atoms with Crippen LogP contribution in [0.5, 0.6) is 0 Å². The molecule has 2 heterocycles. The number of nitrogens with zero attached hydrogens (tertiary/aromatic N) is 3. The first kappa shape index (κ1) is 14.5. The van der Waals surface area contributed by atoms with Crippen LogP contribution in [0, 0.1) is 5.92 Å². The van der Waals surface area contributed by atoms with Crippen LogP contribution in [0.15, 0.2) is 28.8 Å². The van der Waals surface area contributed by atoms with E-state index in [1.807, 2.05) is 24.3 Å². The van der Waals surface area contributed by atoms with Crippen LogP contribution in [0.2, 0.25) is 5.02 Å². The minimum Gasteiger partial charge on any atom is -0.338 e. The van der Waals surface area contributed by atoms with E-state index in [1.54, 1.807) is 0 Å². The molecule has 21 heavy (non-hydrogen) atoms. The molecule has 112 valence electrons. The van der Waals surface area contributed by atoms with Crippen LogP contribution in [-0.4, -0.2) is 34.2 Å². The van der Waals surface area contributed by atoms with Crippen LogP contribution in [0.1, 0.15) is 19.2 Å². The summed E-state index contributed by atoms with van der Waals surface area (Å²) in [5.41, 5.74) is 6.82. The lowest BCUT2D eigenvalue weighted by atomic mass is 10.0. The molecule has 2 atom stereocenters. The summed E-state index contributed by atoms with van der Waals surface area (Å²) in [6, 6.07) is 7.69. The van der Waals surface area contributed by atoms with Crippen LogP contribution in [0.25, 0.3) is 11.4 Å². The Morgan fingerprint density at radius 3 is 3.10 bits per heavy atom. The Labute approximate surface area is 129 Å². The fraction of sp³-hybridized carbons (Fsp3) is 0.467. The lowest BCUT2D eigenvalue weighted by Gasteiger charge is -2.15. The zero-order valence-electron chi connectivity index (χ0n) is 12.0. The van der Waals surface area contributed by atoms with Crippen molar-refractivity contribution in [2.75, 3.05) is 13.1 Å². The maximum atomic E-state index is 5.98. The van der Waals surface area contributed by atoms with Crippen molar-refractivity contribution < 1.29 is 4.52 Å². The van der Waals surface area contributed by atoms with E-state index in [9.17, 15) is 0 Å². The van der Waals surface area contributed by atoms with E-state index in [0.717, 1.165) is 25.1 Å². The number of aromatic nitrogens is 2. The topological polar surface area (TPSA) is 68.2 Å². The van der Waals surface area contributed by atoms with Gasteiger partial charge in [-0.25, -0.2) is 0 Å². The van der Waals surface area contributed by atoms with Gasteiger partial charge in [-0.2, -0.15) is 4.98 Å². The first-order valence-corrected chi connectivity index (χ1v) is 7.56. The van der Waals surface area contributed by atoms with Crippen molar-refractivity contribution in [2.24, 2.45) is 11.7 Å². The average molecular weight is 307 g/mol. The monoisotopic (exact) mass is 306 g/mol. The van der Waals surface area contributed by atoms with E-state index in [4.69, 9.17) is 21.9 Å². The highest BCUT2D eigenvalue weighted by Gasteiger charge is 2.26. The molecule has 6 heteroatoms. The number of nitrogens with two attached hydrogens (primary N) is 1. The Bertz CT molecular complexity index is 613. The molecule has 0 spiro atoms. The van der Waals surface area contributed by atoms with Crippen LogP contribution < -0.4 is 5.73 Å². The summed E-state index contributed by atoms with van der Waals surface area (Å²) >= 11 is 5.98. The largest absolute Gasteiger partial charge is 0.338 e. The predicted octanol–water partition coefficient (Wildman–Crippen LogP) is 2.56. The van der Waals surface area contributed by atoms with Gasteiger partial charge in [0.1, 0.15) is 0 Å². The molecular weight excluding hydrogens is 288 g/mol. The number of halogens is 1. The zero-order valence-corrected chi connectivity index (χ0v) is 12.8. The van der Waals surface area contributed by atoms with Crippen molar-refractivity contribution in [3.63, 3.8) is 0 Å². The second-order valence-corrected chi connectivity index (χ2v) is 6.10. The molecule has 0 amide bonds. The minimum absolute atomic E-state index is 0.236. The molecule has 2 unspecified atom stereocenters. The third-order valence-corrected chi connectivity index (χ3v) is 4.20. The van der Waals surface area contributed by atoms with E-state index in [1.165, 1.54) is 0 Å². The van der Waals surface area contributed by atoms with Crippen LogP contribution in [0.4, 0.5) is 0 Å². The van der Waals surface area contributed by atoms with Crippen LogP contribution in [-0.2, 0) is 6.54 Å². The summed E-state index contributed by atoms with van der Waals surface area (Å²) in [5, 5.41) is 4.69. The van der Waals surface area contributed by atoms with Crippen LogP contribution in [0.3, 0.4) is 0 Å². The van der Waals surface area contributed by atoms with Gasteiger partial charge in [-0.3, -0.25) is 4.90 Å². The number of hydrogen-bond acceptors (Lipinski definition) is 5. The molecule has 0 saturated carbocycles. The van der Waals surface area contributed by atoms with Gasteiger partial charge in [0.25, 0.3) is 0 Å². The standard InChI is InChI=1S/C15H19ClN4O/c1-10(17)12-5-6-20(8-12)9-14-18-15(19-21-14)11-3-2-4-13(16)7-11/h2-4,7,10,12H,5-6,8-9,17H2,1H3. The molecule has 1 saturated heterocycles. The van der Waals surface area contributed by atoms with Gasteiger partial charge in [-0.1, -0.05) is 28.9 Å². The molecule has 5 nitrogen and oxygen atoms in total. The van der Waals surface area contributed by atoms with Crippen molar-refractivity contribution in [3.8, 4) is 11.4 Å². The molecule has 0 bridgehead atoms. The Morgan fingerprint density at radius 2 is 2.38 bits per heavy atom. The van der Waals surface area contributed by atoms with Gasteiger partial charge in [-0.15, -0.1) is 0 Å². The highest BCUT2D eigenvalue weighted by Crippen LogP contribution is 2.22. The van der Waals surface area contributed by atoms with Crippen molar-refractivity contribution in [3.05, 3.63) is 35.2 Å². The molecule has 0 aliphatic carbocycles. The molecule has 0 radical (unpaired) electrons. The van der Waals surface area contributed by atoms with Crippen LogP contribution >= 0.6 is 11.6 Å². The van der Waals surface area contributed by atoms with Gasteiger partial charge >= 0.3 is 0 Å². The third kappa shape index (κ3) is 3.43. The highest BCUT2D eigenvalue weighted by atomic mass is 35.5. The Kier molecular flexibility index (Phi) is 4.24. The molecular formula is C15H19ClN4O. The number of benzene rings is 1. The molecule has 1 aromatic carbocycles. The van der Waals surface area contributed by atoms with E-state index < -0.39 is 0 Å². The summed E-state index contributed by atoms with van der Waals surface area (Å²) in [6.45, 7) is 4.77. The minimum atomic E-state index is 0.236. The molecule has 1 aliphatic heterocycles. The van der Waals surface area contributed by atoms with E-state index in [0.29, 0.717) is 29.2 Å². The second kappa shape index (κ2) is 6.13. The summed E-state index contributed by atoms with van der Waals surface area (Å²) in [5.74, 6) is 1.77. The smallest absolute Gasteiger partial charge is 0.241 e. The highest BCUT2D eigenvalue weighted by molar-refractivity contribution is 6.30. The van der Waals surface area contributed by atoms with Gasteiger partial charge in [0.2, 0.25) is 11.7 Å². The number of rotatable bonds is 4. The third-order valence-electron chi connectivity index (χ3n) is 3.96. The zero-order chi connectivity index (χ0) is 14.8. The molecule has 2 N–H and O–H groups in total. The van der Waals surface area contributed by atoms with E-state index in [-0.39, 0.29) is 6.04 Å². The number of likely N-dealkylation sites (tertiary alicyclic amines) is 1. The van der Waals surface area contributed by atoms with Crippen molar-refractivity contribution in [1.29, 1.82) is 0 Å². The normalized spacial score (nSPS) is 20.8. The maximum Gasteiger partial charge on any atom is 0.241 e. The van der Waals surface area contributed by atoms with Crippen molar-refractivity contribution in [1.82, 2.24) is 15.0 Å². The van der Waals surface area contributed by atoms with Gasteiger partial charge in [0, 0.05) is 23.2 Å². The van der Waals surface area contributed by atoms with E-state index in [2.05, 4.69) is 22.0 Å². The first-order chi connectivity index (χ1) is 10.1. The fourth-order valence-corrected chi connectivity index (χ4v) is 2.88. The molecule has 1 aromatic heterocycles. The summed E-state index contributed by atoms with van der Waals surface area (Å²) in [4.78, 5) is 6.75. The van der Waals surface area contributed by atoms with Crippen molar-refractivity contribution in [2.45, 2.75) is 25.9 Å². The van der Waals surface area contributed by atoms with Gasteiger partial charge in [0.15, 0.2) is 0 Å². The van der Waals surface area contributed by atoms with Gasteiger partial charge in [0.05, 0.1) is 6.54 Å². The van der Waals surface area contributed by atoms with Gasteiger partial charge in [-0.05, 0) is 37.9 Å². The molecule has 3 rings (SSSR count). The summed E-state index contributed by atoms with van der Waals surface area (Å²) in [7, 11) is 0. The molecule has 2 aromatic rings. The van der Waals surface area contributed by atoms with Crippen molar-refractivity contribution >= 4 is 11.6 Å². The second-order valence-electron chi connectivity index (χ2n) is 5.67. The average Bonchev–Trinajstić information content (AvgIpc) is 3.08. The first-order valence-electron chi connectivity index (χ1n) is 7.18. The maximum absolute atomic E-state index is 5.98. The lowest BCUT2D eigenvalue weighted by Crippen LogP contribution is -2.29. The summed E-state index contributed by atoms with van der Waals surface area (Å²) < 4.78 is 5.34. The Hall–Kier alpha value is -1.43. The van der Waals surface area contributed by atoms with Gasteiger partial charge < -0.3 is 10.3 Å².